The monoisotopic (exact) mass is 451 g/mol. The zero-order valence-corrected chi connectivity index (χ0v) is 17.8. The quantitative estimate of drug-likeness (QED) is 0.499. The first-order valence-electron chi connectivity index (χ1n) is 9.13. The summed E-state index contributed by atoms with van der Waals surface area (Å²) in [6, 6.07) is 16.1. The van der Waals surface area contributed by atoms with Crippen LogP contribution in [0.1, 0.15) is 5.56 Å². The molecule has 9 heteroatoms. The van der Waals surface area contributed by atoms with E-state index in [0.29, 0.717) is 33.1 Å². The number of benzene rings is 2. The number of aromatic nitrogens is 3. The molecular formula is C22H15Cl2N5O2. The number of pyridine rings is 1. The number of rotatable bonds is 4. The Labute approximate surface area is 187 Å². The smallest absolute Gasteiger partial charge is 0.293 e. The summed E-state index contributed by atoms with van der Waals surface area (Å²) in [5, 5.41) is 10.1. The average Bonchev–Trinajstić information content (AvgIpc) is 2.74. The highest BCUT2D eigenvalue weighted by atomic mass is 35.5. The van der Waals surface area contributed by atoms with Gasteiger partial charge in [0.1, 0.15) is 7.11 Å². The van der Waals surface area contributed by atoms with Crippen molar-refractivity contribution in [1.82, 2.24) is 14.7 Å². The molecule has 0 bridgehead atoms. The maximum Gasteiger partial charge on any atom is 0.293 e. The number of hydrogen-bond acceptors (Lipinski definition) is 6. The Kier molecular flexibility index (Phi) is 5.51. The minimum atomic E-state index is -0.488. The van der Waals surface area contributed by atoms with Crippen molar-refractivity contribution in [1.29, 1.82) is 5.26 Å². The second-order valence-corrected chi connectivity index (χ2v) is 7.45. The number of anilines is 1. The van der Waals surface area contributed by atoms with Crippen LogP contribution >= 0.6 is 23.2 Å². The normalized spacial score (nSPS) is 10.8. The largest absolute Gasteiger partial charge is 0.412 e. The molecule has 0 aliphatic carbocycles. The van der Waals surface area contributed by atoms with Gasteiger partial charge in [0.25, 0.3) is 5.56 Å². The first-order chi connectivity index (χ1) is 14.9. The van der Waals surface area contributed by atoms with Gasteiger partial charge in [0.15, 0.2) is 5.65 Å². The van der Waals surface area contributed by atoms with Crippen LogP contribution in [0.25, 0.3) is 33.4 Å². The summed E-state index contributed by atoms with van der Waals surface area (Å²) < 4.78 is 1.04. The number of halogens is 2. The van der Waals surface area contributed by atoms with Crippen molar-refractivity contribution in [3.8, 4) is 28.5 Å². The van der Waals surface area contributed by atoms with Crippen LogP contribution in [0.5, 0.6) is 0 Å². The van der Waals surface area contributed by atoms with Gasteiger partial charge in [-0.05, 0) is 23.8 Å². The molecule has 0 atom stereocenters. The highest BCUT2D eigenvalue weighted by molar-refractivity contribution is 6.39. The molecule has 31 heavy (non-hydrogen) atoms. The lowest BCUT2D eigenvalue weighted by Gasteiger charge is -2.15. The number of fused-ring (bicyclic) bond motifs is 1. The number of nitrogens with zero attached hydrogens (tertiary/aromatic N) is 4. The molecule has 0 saturated heterocycles. The standard InChI is InChI=1S/C22H15Cl2N5O2/c1-31-29-20-15(11-14(21(29)30)18-16(23)3-2-4-17(18)24)19(27-22(26)28-20)13-7-5-12(6-8-13)9-10-25/h2-8,11H,9H2,1H3,(H2,26,27,28). The maximum absolute atomic E-state index is 13.2. The SMILES string of the molecule is COn1c(=O)c(-c2c(Cl)cccc2Cl)cc2c(-c3ccc(CC#N)cc3)nc(N)nc21. The highest BCUT2D eigenvalue weighted by Crippen LogP contribution is 2.35. The molecule has 2 heterocycles. The molecule has 0 unspecified atom stereocenters. The second kappa shape index (κ2) is 8.26. The average molecular weight is 452 g/mol. The molecule has 2 N–H and O–H groups in total. The lowest BCUT2D eigenvalue weighted by atomic mass is 10.0. The Hall–Kier alpha value is -3.60. The van der Waals surface area contributed by atoms with Crippen LogP contribution < -0.4 is 16.1 Å². The van der Waals surface area contributed by atoms with Crippen LogP contribution in [0.4, 0.5) is 5.95 Å². The van der Waals surface area contributed by atoms with Crippen LogP contribution in [0, 0.1) is 11.3 Å². The van der Waals surface area contributed by atoms with Crippen molar-refractivity contribution in [3.05, 3.63) is 74.5 Å². The third kappa shape index (κ3) is 3.67. The van der Waals surface area contributed by atoms with Gasteiger partial charge >= 0.3 is 0 Å². The first-order valence-corrected chi connectivity index (χ1v) is 9.88. The van der Waals surface area contributed by atoms with E-state index in [9.17, 15) is 4.79 Å². The van der Waals surface area contributed by atoms with Gasteiger partial charge in [0.05, 0.1) is 33.8 Å². The van der Waals surface area contributed by atoms with Crippen LogP contribution in [0.3, 0.4) is 0 Å². The Morgan fingerprint density at radius 3 is 2.42 bits per heavy atom. The zero-order valence-electron chi connectivity index (χ0n) is 16.3. The summed E-state index contributed by atoms with van der Waals surface area (Å²) in [6.07, 6.45) is 0.297. The van der Waals surface area contributed by atoms with Gasteiger partial charge < -0.3 is 10.6 Å². The molecule has 154 valence electrons. The van der Waals surface area contributed by atoms with Crippen LogP contribution in [-0.2, 0) is 6.42 Å². The summed E-state index contributed by atoms with van der Waals surface area (Å²) >= 11 is 12.7. The van der Waals surface area contributed by atoms with Gasteiger partial charge in [-0.2, -0.15) is 10.2 Å². The van der Waals surface area contributed by atoms with Gasteiger partial charge in [-0.3, -0.25) is 4.79 Å². The van der Waals surface area contributed by atoms with Gasteiger partial charge in [-0.25, -0.2) is 4.98 Å². The Morgan fingerprint density at radius 1 is 1.13 bits per heavy atom. The Balaban J connectivity index is 2.07. The van der Waals surface area contributed by atoms with Crippen molar-refractivity contribution in [2.24, 2.45) is 0 Å². The molecule has 2 aromatic heterocycles. The highest BCUT2D eigenvalue weighted by Gasteiger charge is 2.20. The molecule has 4 aromatic rings. The molecule has 7 nitrogen and oxygen atoms in total. The van der Waals surface area contributed by atoms with E-state index in [1.165, 1.54) is 7.11 Å². The molecule has 0 amide bonds. The molecular weight excluding hydrogens is 437 g/mol. The number of nitrogens with two attached hydrogens (primary N) is 1. The molecule has 4 rings (SSSR count). The second-order valence-electron chi connectivity index (χ2n) is 6.64. The maximum atomic E-state index is 13.2. The van der Waals surface area contributed by atoms with E-state index in [0.717, 1.165) is 15.9 Å². The van der Waals surface area contributed by atoms with Crippen LogP contribution in [0.2, 0.25) is 10.0 Å². The lowest BCUT2D eigenvalue weighted by molar-refractivity contribution is 0.168. The molecule has 0 spiro atoms. The summed E-state index contributed by atoms with van der Waals surface area (Å²) in [4.78, 5) is 27.1. The molecule has 0 radical (unpaired) electrons. The molecule has 2 aromatic carbocycles. The van der Waals surface area contributed by atoms with Crippen molar-refractivity contribution in [2.75, 3.05) is 12.8 Å². The molecule has 0 saturated carbocycles. The minimum Gasteiger partial charge on any atom is -0.412 e. The predicted molar refractivity (Wildman–Crippen MR) is 121 cm³/mol. The van der Waals surface area contributed by atoms with Crippen molar-refractivity contribution < 1.29 is 4.84 Å². The predicted octanol–water partition coefficient (Wildman–Crippen LogP) is 4.14. The molecule has 0 aliphatic rings. The van der Waals surface area contributed by atoms with E-state index in [1.807, 2.05) is 24.3 Å². The van der Waals surface area contributed by atoms with Crippen LogP contribution in [0.15, 0.2) is 53.3 Å². The van der Waals surface area contributed by atoms with Crippen molar-refractivity contribution >= 4 is 40.2 Å². The minimum absolute atomic E-state index is 0.0164. The number of hydrogen-bond donors (Lipinski definition) is 1. The third-order valence-corrected chi connectivity index (χ3v) is 5.39. The third-order valence-electron chi connectivity index (χ3n) is 4.76. The van der Waals surface area contributed by atoms with Gasteiger partial charge in [0, 0.05) is 16.5 Å². The van der Waals surface area contributed by atoms with E-state index in [-0.39, 0.29) is 17.2 Å². The molecule has 0 aliphatic heterocycles. The van der Waals surface area contributed by atoms with Crippen LogP contribution in [-0.4, -0.2) is 21.8 Å². The van der Waals surface area contributed by atoms with E-state index < -0.39 is 5.56 Å². The van der Waals surface area contributed by atoms with E-state index >= 15 is 0 Å². The fourth-order valence-corrected chi connectivity index (χ4v) is 3.97. The van der Waals surface area contributed by atoms with Gasteiger partial charge in [0.2, 0.25) is 5.95 Å². The van der Waals surface area contributed by atoms with E-state index in [2.05, 4.69) is 16.0 Å². The Morgan fingerprint density at radius 2 is 1.81 bits per heavy atom. The zero-order chi connectivity index (χ0) is 22.1. The number of nitrogen functional groups attached to an aromatic ring is 1. The molecule has 0 fully saturated rings. The topological polar surface area (TPSA) is 107 Å². The Bertz CT molecular complexity index is 1390. The van der Waals surface area contributed by atoms with E-state index in [4.69, 9.17) is 39.0 Å². The summed E-state index contributed by atoms with van der Waals surface area (Å²) in [6.45, 7) is 0. The van der Waals surface area contributed by atoms with E-state index in [1.54, 1.807) is 24.3 Å². The van der Waals surface area contributed by atoms with Gasteiger partial charge in [-0.15, -0.1) is 4.73 Å². The summed E-state index contributed by atoms with van der Waals surface area (Å²) in [5.41, 5.74) is 8.38. The summed E-state index contributed by atoms with van der Waals surface area (Å²) in [5.74, 6) is -0.0164. The van der Waals surface area contributed by atoms with Crippen molar-refractivity contribution in [3.63, 3.8) is 0 Å². The number of nitriles is 1. The fourth-order valence-electron chi connectivity index (χ4n) is 3.37. The van der Waals surface area contributed by atoms with Crippen molar-refractivity contribution in [2.45, 2.75) is 6.42 Å². The summed E-state index contributed by atoms with van der Waals surface area (Å²) in [7, 11) is 1.35. The first kappa shape index (κ1) is 20.7. The van der Waals surface area contributed by atoms with Gasteiger partial charge in [-0.1, -0.05) is 53.5 Å². The fraction of sp³-hybridized carbons (Fsp3) is 0.0909. The lowest BCUT2D eigenvalue weighted by Crippen LogP contribution is -2.27.